The SMILES string of the molecule is NC1=N[C@H](O)[C@H]2[C@H]3O[C@]4(O)O[C@@H](C(O)[C@@]2(N1)[C@@H]4O)[C@H]3O. The first-order valence-corrected chi connectivity index (χ1v) is 6.23. The topological polar surface area (TPSA) is 170 Å². The molecule has 1 spiro atoms. The van der Waals surface area contributed by atoms with E-state index in [2.05, 4.69) is 10.3 Å². The van der Waals surface area contributed by atoms with E-state index in [4.69, 9.17) is 15.2 Å². The quantitative estimate of drug-likeness (QED) is 0.231. The van der Waals surface area contributed by atoms with Gasteiger partial charge in [0.05, 0.1) is 5.92 Å². The summed E-state index contributed by atoms with van der Waals surface area (Å²) in [7, 11) is 0. The summed E-state index contributed by atoms with van der Waals surface area (Å²) in [5, 5.41) is 53.7. The molecule has 112 valence electrons. The van der Waals surface area contributed by atoms with Gasteiger partial charge in [-0.3, -0.25) is 0 Å². The van der Waals surface area contributed by atoms with Crippen molar-refractivity contribution in [1.29, 1.82) is 0 Å². The van der Waals surface area contributed by atoms with Gasteiger partial charge in [0.15, 0.2) is 18.3 Å². The van der Waals surface area contributed by atoms with E-state index in [1.165, 1.54) is 0 Å². The van der Waals surface area contributed by atoms with Gasteiger partial charge in [0.2, 0.25) is 0 Å². The third-order valence-electron chi connectivity index (χ3n) is 4.72. The summed E-state index contributed by atoms with van der Waals surface area (Å²) >= 11 is 0. The Hall–Kier alpha value is -1.01. The lowest BCUT2D eigenvalue weighted by Crippen LogP contribution is -2.92. The van der Waals surface area contributed by atoms with Gasteiger partial charge in [-0.05, 0) is 0 Å². The molecule has 9 atom stereocenters. The minimum atomic E-state index is -2.38. The zero-order valence-electron chi connectivity index (χ0n) is 10.1. The number of hydrogen-bond acceptors (Lipinski definition) is 10. The second-order valence-electron chi connectivity index (χ2n) is 5.65. The largest absolute Gasteiger partial charge is 0.388 e. The molecule has 1 unspecified atom stereocenters. The Kier molecular flexibility index (Phi) is 2.17. The van der Waals surface area contributed by atoms with Crippen molar-refractivity contribution >= 4 is 5.96 Å². The van der Waals surface area contributed by atoms with Crippen molar-refractivity contribution in [3.8, 4) is 0 Å². The molecule has 10 nitrogen and oxygen atoms in total. The molecule has 0 aromatic carbocycles. The molecule has 1 aliphatic carbocycles. The monoisotopic (exact) mass is 289 g/mol. The first kappa shape index (κ1) is 12.7. The van der Waals surface area contributed by atoms with Crippen molar-refractivity contribution in [1.82, 2.24) is 5.32 Å². The molecule has 0 aromatic rings. The Labute approximate surface area is 112 Å². The number of guanidine groups is 1. The predicted octanol–water partition coefficient (Wildman–Crippen LogP) is -4.88. The molecule has 1 saturated carbocycles. The van der Waals surface area contributed by atoms with Crippen LogP contribution < -0.4 is 11.1 Å². The van der Waals surface area contributed by atoms with Crippen molar-refractivity contribution in [2.75, 3.05) is 0 Å². The highest BCUT2D eigenvalue weighted by molar-refractivity contribution is 5.80. The summed E-state index contributed by atoms with van der Waals surface area (Å²) in [6.07, 6.45) is -8.06. The van der Waals surface area contributed by atoms with Crippen LogP contribution in [0.2, 0.25) is 0 Å². The van der Waals surface area contributed by atoms with Crippen LogP contribution in [-0.2, 0) is 9.47 Å². The number of hydrogen-bond donors (Lipinski definition) is 7. The molecule has 0 amide bonds. The smallest absolute Gasteiger partial charge is 0.311 e. The average Bonchev–Trinajstić information content (AvgIpc) is 2.36. The fraction of sp³-hybridized carbons (Fsp3) is 0.900. The molecule has 0 aromatic heterocycles. The summed E-state index contributed by atoms with van der Waals surface area (Å²) in [5.74, 6) is -3.56. The van der Waals surface area contributed by atoms with E-state index in [0.717, 1.165) is 0 Å². The van der Waals surface area contributed by atoms with Gasteiger partial charge in [0.1, 0.15) is 30.0 Å². The molecule has 4 heterocycles. The summed E-state index contributed by atoms with van der Waals surface area (Å²) in [6, 6.07) is 0. The Morgan fingerprint density at radius 1 is 1.15 bits per heavy atom. The van der Waals surface area contributed by atoms with Gasteiger partial charge in [0, 0.05) is 0 Å². The minimum absolute atomic E-state index is 0.188. The van der Waals surface area contributed by atoms with Crippen molar-refractivity contribution in [2.45, 2.75) is 48.3 Å². The van der Waals surface area contributed by atoms with Crippen LogP contribution in [0.3, 0.4) is 0 Å². The first-order valence-electron chi connectivity index (χ1n) is 6.23. The maximum Gasteiger partial charge on any atom is 0.311 e. The van der Waals surface area contributed by atoms with E-state index < -0.39 is 54.2 Å². The molecule has 4 bridgehead atoms. The van der Waals surface area contributed by atoms with Crippen LogP contribution in [0, 0.1) is 5.92 Å². The van der Waals surface area contributed by atoms with Crippen molar-refractivity contribution in [2.24, 2.45) is 16.6 Å². The fourth-order valence-electron chi connectivity index (χ4n) is 3.92. The summed E-state index contributed by atoms with van der Waals surface area (Å²) < 4.78 is 10.2. The van der Waals surface area contributed by atoms with Crippen molar-refractivity contribution in [3.05, 3.63) is 0 Å². The predicted molar refractivity (Wildman–Crippen MR) is 59.7 cm³/mol. The highest BCUT2D eigenvalue weighted by Crippen LogP contribution is 2.55. The van der Waals surface area contributed by atoms with Gasteiger partial charge in [-0.25, -0.2) is 4.99 Å². The summed E-state index contributed by atoms with van der Waals surface area (Å²) in [6.45, 7) is 0. The van der Waals surface area contributed by atoms with Crippen LogP contribution in [-0.4, -0.2) is 79.8 Å². The molecule has 8 N–H and O–H groups in total. The van der Waals surface area contributed by atoms with E-state index in [1.807, 2.05) is 0 Å². The number of aliphatic hydroxyl groups excluding tert-OH is 4. The second-order valence-corrected chi connectivity index (χ2v) is 5.65. The van der Waals surface area contributed by atoms with Gasteiger partial charge >= 0.3 is 5.97 Å². The van der Waals surface area contributed by atoms with Gasteiger partial charge < -0.3 is 46.1 Å². The molecule has 4 fully saturated rings. The van der Waals surface area contributed by atoms with E-state index in [-0.39, 0.29) is 5.96 Å². The average molecular weight is 289 g/mol. The highest BCUT2D eigenvalue weighted by atomic mass is 16.9. The highest BCUT2D eigenvalue weighted by Gasteiger charge is 2.79. The molecular weight excluding hydrogens is 274 g/mol. The van der Waals surface area contributed by atoms with Crippen LogP contribution in [0.1, 0.15) is 0 Å². The van der Waals surface area contributed by atoms with Gasteiger partial charge in [0.25, 0.3) is 0 Å². The summed E-state index contributed by atoms with van der Waals surface area (Å²) in [5.41, 5.74) is 3.95. The number of nitrogens with one attached hydrogen (secondary N) is 1. The van der Waals surface area contributed by atoms with Crippen LogP contribution in [0.15, 0.2) is 4.99 Å². The zero-order valence-corrected chi connectivity index (χ0v) is 10.1. The standard InChI is InChI=1S/C10H15N3O7/c11-8-12-6(16)1-3-2(14)4-5(15)9(1,13-8)7(17)10(18,19-3)20-4/h1-7,14-18H,(H3,11,12,13)/t1-,2+,3-,4-,5?,6-,7+,9-,10+/m1/s1. The number of aliphatic imine (C=N–C) groups is 1. The third kappa shape index (κ3) is 1.13. The maximum absolute atomic E-state index is 10.4. The fourth-order valence-corrected chi connectivity index (χ4v) is 3.92. The molecule has 5 aliphatic rings. The Morgan fingerprint density at radius 3 is 2.50 bits per heavy atom. The zero-order chi connectivity index (χ0) is 14.4. The van der Waals surface area contributed by atoms with Crippen molar-refractivity contribution < 1.29 is 35.0 Å². The molecule has 0 radical (unpaired) electrons. The third-order valence-corrected chi connectivity index (χ3v) is 4.72. The lowest BCUT2D eigenvalue weighted by molar-refractivity contribution is -0.532. The van der Waals surface area contributed by atoms with E-state index in [1.54, 1.807) is 0 Å². The Bertz CT molecular complexity index is 503. The molecule has 3 saturated heterocycles. The van der Waals surface area contributed by atoms with Crippen LogP contribution in [0.25, 0.3) is 0 Å². The maximum atomic E-state index is 10.4. The van der Waals surface area contributed by atoms with E-state index >= 15 is 0 Å². The van der Waals surface area contributed by atoms with E-state index in [9.17, 15) is 25.5 Å². The number of rotatable bonds is 0. The number of nitrogens with two attached hydrogens (primary N) is 1. The molecule has 20 heavy (non-hydrogen) atoms. The molecular formula is C10H15N3O7. The molecule has 4 aliphatic heterocycles. The van der Waals surface area contributed by atoms with Crippen molar-refractivity contribution in [3.63, 3.8) is 0 Å². The minimum Gasteiger partial charge on any atom is -0.388 e. The lowest BCUT2D eigenvalue weighted by atomic mass is 9.59. The van der Waals surface area contributed by atoms with Gasteiger partial charge in [-0.1, -0.05) is 0 Å². The van der Waals surface area contributed by atoms with E-state index in [0.29, 0.717) is 0 Å². The lowest BCUT2D eigenvalue weighted by Gasteiger charge is -2.68. The molecule has 10 heteroatoms. The first-order chi connectivity index (χ1) is 9.31. The van der Waals surface area contributed by atoms with Crippen LogP contribution in [0.4, 0.5) is 0 Å². The molecule has 5 rings (SSSR count). The number of ether oxygens (including phenoxy) is 2. The number of aliphatic hydroxyl groups is 5. The normalized spacial score (nSPS) is 63.6. The van der Waals surface area contributed by atoms with Gasteiger partial charge in [-0.15, -0.1) is 0 Å². The Morgan fingerprint density at radius 2 is 1.80 bits per heavy atom. The second kappa shape index (κ2) is 3.42. The van der Waals surface area contributed by atoms with Gasteiger partial charge in [-0.2, -0.15) is 0 Å². The van der Waals surface area contributed by atoms with Crippen LogP contribution in [0.5, 0.6) is 0 Å². The summed E-state index contributed by atoms with van der Waals surface area (Å²) in [4.78, 5) is 3.71. The Balaban J connectivity index is 1.92. The number of nitrogens with zero attached hydrogens (tertiary/aromatic N) is 1. The van der Waals surface area contributed by atoms with Crippen LogP contribution >= 0.6 is 0 Å².